The first-order valence-corrected chi connectivity index (χ1v) is 10.7. The predicted octanol–water partition coefficient (Wildman–Crippen LogP) is 5.92. The van der Waals surface area contributed by atoms with Crippen LogP contribution >= 0.6 is 0 Å². The van der Waals surface area contributed by atoms with Crippen molar-refractivity contribution >= 4 is 0 Å². The summed E-state index contributed by atoms with van der Waals surface area (Å²) >= 11 is 0. The van der Waals surface area contributed by atoms with Crippen molar-refractivity contribution in [1.82, 2.24) is 0 Å². The molecule has 5 rings (SSSR count). The van der Waals surface area contributed by atoms with Gasteiger partial charge in [0, 0.05) is 17.8 Å². The molecule has 2 heteroatoms. The Labute approximate surface area is 151 Å². The Bertz CT molecular complexity index is 603. The normalized spacial score (nSPS) is 46.4. The van der Waals surface area contributed by atoms with Crippen molar-refractivity contribution < 1.29 is 9.13 Å². The van der Waals surface area contributed by atoms with E-state index in [2.05, 4.69) is 18.2 Å². The molecule has 0 bridgehead atoms. The van der Waals surface area contributed by atoms with Crippen LogP contribution in [0.15, 0.2) is 35.5 Å². The highest BCUT2D eigenvalue weighted by molar-refractivity contribution is 5.24. The van der Waals surface area contributed by atoms with E-state index in [9.17, 15) is 4.39 Å². The topological polar surface area (TPSA) is 9.23 Å². The minimum atomic E-state index is -0.729. The largest absolute Gasteiger partial charge is 0.373 e. The molecule has 0 N–H and O–H groups in total. The van der Waals surface area contributed by atoms with E-state index in [1.165, 1.54) is 44.1 Å². The van der Waals surface area contributed by atoms with Gasteiger partial charge in [-0.25, -0.2) is 4.39 Å². The fourth-order valence-corrected chi connectivity index (χ4v) is 6.46. The van der Waals surface area contributed by atoms with Gasteiger partial charge in [-0.15, -0.1) is 0 Å². The maximum Gasteiger partial charge on any atom is 0.119 e. The highest BCUT2D eigenvalue weighted by Crippen LogP contribution is 2.53. The lowest BCUT2D eigenvalue weighted by molar-refractivity contribution is -0.0269. The van der Waals surface area contributed by atoms with Crippen molar-refractivity contribution in [3.8, 4) is 0 Å². The summed E-state index contributed by atoms with van der Waals surface area (Å²) in [6.45, 7) is 0. The summed E-state index contributed by atoms with van der Waals surface area (Å²) in [5.41, 5.74) is 3.04. The minimum Gasteiger partial charge on any atom is -0.373 e. The molecule has 0 spiro atoms. The lowest BCUT2D eigenvalue weighted by atomic mass is 9.67. The van der Waals surface area contributed by atoms with E-state index in [-0.39, 0.29) is 0 Å². The Hall–Kier alpha value is -0.890. The first-order chi connectivity index (χ1) is 12.3. The third-order valence-corrected chi connectivity index (χ3v) is 7.57. The molecule has 4 aliphatic carbocycles. The number of allylic oxidation sites excluding steroid dienone is 3. The molecule has 1 saturated carbocycles. The number of ether oxygens (including phenoxy) is 1. The Morgan fingerprint density at radius 3 is 2.68 bits per heavy atom. The van der Waals surface area contributed by atoms with E-state index in [0.29, 0.717) is 42.3 Å². The minimum absolute atomic E-state index is 0.305. The molecule has 2 fully saturated rings. The van der Waals surface area contributed by atoms with Crippen LogP contribution in [0.1, 0.15) is 64.2 Å². The zero-order valence-corrected chi connectivity index (χ0v) is 15.2. The van der Waals surface area contributed by atoms with Gasteiger partial charge in [-0.3, -0.25) is 0 Å². The Kier molecular flexibility index (Phi) is 4.36. The van der Waals surface area contributed by atoms with Crippen LogP contribution in [0.25, 0.3) is 0 Å². The molecule has 136 valence electrons. The van der Waals surface area contributed by atoms with Crippen LogP contribution in [0.3, 0.4) is 0 Å². The maximum atomic E-state index is 14.0. The lowest BCUT2D eigenvalue weighted by Gasteiger charge is -2.35. The molecule has 0 aromatic carbocycles. The summed E-state index contributed by atoms with van der Waals surface area (Å²) in [6, 6.07) is 0. The zero-order valence-electron chi connectivity index (χ0n) is 15.2. The maximum absolute atomic E-state index is 14.0. The second-order valence-corrected chi connectivity index (χ2v) is 8.94. The van der Waals surface area contributed by atoms with E-state index < -0.39 is 6.17 Å². The summed E-state index contributed by atoms with van der Waals surface area (Å²) < 4.78 is 20.8. The number of hydrogen-bond acceptors (Lipinski definition) is 1. The van der Waals surface area contributed by atoms with Crippen molar-refractivity contribution in [3.05, 3.63) is 35.5 Å². The van der Waals surface area contributed by atoms with Gasteiger partial charge in [-0.05, 0) is 63.7 Å². The van der Waals surface area contributed by atoms with Crippen molar-refractivity contribution in [2.75, 3.05) is 0 Å². The number of fused-ring (bicyclic) bond motifs is 3. The predicted molar refractivity (Wildman–Crippen MR) is 99.0 cm³/mol. The van der Waals surface area contributed by atoms with Crippen LogP contribution in [-0.4, -0.2) is 18.4 Å². The summed E-state index contributed by atoms with van der Waals surface area (Å²) in [4.78, 5) is 0. The summed E-state index contributed by atoms with van der Waals surface area (Å²) in [5, 5.41) is 0. The van der Waals surface area contributed by atoms with Crippen LogP contribution in [0.4, 0.5) is 4.39 Å². The van der Waals surface area contributed by atoms with Crippen LogP contribution in [0.5, 0.6) is 0 Å². The lowest BCUT2D eigenvalue weighted by Crippen LogP contribution is -2.33. The van der Waals surface area contributed by atoms with E-state index in [0.717, 1.165) is 19.3 Å². The molecule has 5 aliphatic rings. The molecular formula is C23H31FO. The van der Waals surface area contributed by atoms with Gasteiger partial charge >= 0.3 is 0 Å². The number of halogens is 1. The second kappa shape index (κ2) is 6.68. The first-order valence-electron chi connectivity index (χ1n) is 10.7. The fraction of sp³-hybridized carbons (Fsp3) is 0.739. The van der Waals surface area contributed by atoms with Gasteiger partial charge in [0.1, 0.15) is 6.17 Å². The van der Waals surface area contributed by atoms with Crippen molar-refractivity contribution in [1.29, 1.82) is 0 Å². The number of alkyl halides is 1. The standard InChI is InChI=1S/C23H31FO/c24-17-9-3-8-16(14-17)19-11-5-13-21-20-12-4-10-18(15-6-1-2-7-15)22(20)25-23(19)21/h5-6,13-14,17-23H,1-4,7-12H2. The molecule has 1 aliphatic heterocycles. The average molecular weight is 342 g/mol. The molecule has 0 radical (unpaired) electrons. The summed E-state index contributed by atoms with van der Waals surface area (Å²) in [5.74, 6) is 2.34. The van der Waals surface area contributed by atoms with Crippen LogP contribution in [0.2, 0.25) is 0 Å². The highest BCUT2D eigenvalue weighted by Gasteiger charge is 2.52. The van der Waals surface area contributed by atoms with Gasteiger partial charge in [0.2, 0.25) is 0 Å². The Morgan fingerprint density at radius 1 is 0.920 bits per heavy atom. The SMILES string of the molecule is FC1C=C(C2CC=CC3C4CCCC(C5=CCCC5)C4OC23)CCC1. The summed E-state index contributed by atoms with van der Waals surface area (Å²) in [6.07, 6.45) is 21.0. The molecule has 1 heterocycles. The third-order valence-electron chi connectivity index (χ3n) is 7.57. The zero-order chi connectivity index (χ0) is 16.8. The van der Waals surface area contributed by atoms with Gasteiger partial charge in [0.05, 0.1) is 12.2 Å². The number of hydrogen-bond donors (Lipinski definition) is 0. The molecule has 1 nitrogen and oxygen atoms in total. The second-order valence-electron chi connectivity index (χ2n) is 8.94. The molecule has 0 aromatic heterocycles. The van der Waals surface area contributed by atoms with Gasteiger partial charge in [-0.1, -0.05) is 41.9 Å². The van der Waals surface area contributed by atoms with Crippen molar-refractivity contribution in [3.63, 3.8) is 0 Å². The van der Waals surface area contributed by atoms with Gasteiger partial charge in [-0.2, -0.15) is 0 Å². The van der Waals surface area contributed by atoms with Crippen molar-refractivity contribution in [2.24, 2.45) is 23.7 Å². The molecule has 0 aromatic rings. The van der Waals surface area contributed by atoms with E-state index in [1.54, 1.807) is 5.57 Å². The van der Waals surface area contributed by atoms with Gasteiger partial charge in [0.25, 0.3) is 0 Å². The smallest absolute Gasteiger partial charge is 0.119 e. The first kappa shape index (κ1) is 16.3. The highest BCUT2D eigenvalue weighted by atomic mass is 19.1. The average Bonchev–Trinajstić information content (AvgIpc) is 3.29. The molecule has 7 unspecified atom stereocenters. The van der Waals surface area contributed by atoms with Crippen LogP contribution in [0, 0.1) is 23.7 Å². The molecule has 7 atom stereocenters. The van der Waals surface area contributed by atoms with E-state index in [4.69, 9.17) is 4.74 Å². The monoisotopic (exact) mass is 342 g/mol. The van der Waals surface area contributed by atoms with Crippen LogP contribution < -0.4 is 0 Å². The van der Waals surface area contributed by atoms with Crippen molar-refractivity contribution in [2.45, 2.75) is 82.6 Å². The third kappa shape index (κ3) is 2.85. The Balaban J connectivity index is 1.41. The quantitative estimate of drug-likeness (QED) is 0.566. The van der Waals surface area contributed by atoms with Crippen LogP contribution in [-0.2, 0) is 4.74 Å². The Morgan fingerprint density at radius 2 is 1.84 bits per heavy atom. The molecular weight excluding hydrogens is 311 g/mol. The molecule has 25 heavy (non-hydrogen) atoms. The van der Waals surface area contributed by atoms with E-state index >= 15 is 0 Å². The summed E-state index contributed by atoms with van der Waals surface area (Å²) in [7, 11) is 0. The fourth-order valence-electron chi connectivity index (χ4n) is 6.46. The number of rotatable bonds is 2. The molecule has 1 saturated heterocycles. The van der Waals surface area contributed by atoms with Gasteiger partial charge < -0.3 is 4.74 Å². The van der Waals surface area contributed by atoms with Gasteiger partial charge in [0.15, 0.2) is 0 Å². The molecule has 0 amide bonds. The van der Waals surface area contributed by atoms with E-state index in [1.807, 2.05) is 6.08 Å².